The standard InChI is InChI=1S/C19H22O/c1-4-14-7-9-18(16(6-3)11-14)19-10-8-15(5-2)12-17(19)13-20/h7-13H,4-6H2,1-3H3. The van der Waals surface area contributed by atoms with Crippen molar-refractivity contribution in [3.63, 3.8) is 0 Å². The van der Waals surface area contributed by atoms with Gasteiger partial charge in [-0.15, -0.1) is 0 Å². The van der Waals surface area contributed by atoms with Gasteiger partial charge in [-0.2, -0.15) is 0 Å². The molecular weight excluding hydrogens is 244 g/mol. The summed E-state index contributed by atoms with van der Waals surface area (Å²) in [6.45, 7) is 6.44. The van der Waals surface area contributed by atoms with Crippen molar-refractivity contribution in [2.24, 2.45) is 0 Å². The SMILES string of the molecule is CCc1ccc(-c2ccc(CC)cc2CC)c(C=O)c1. The second-order valence-corrected chi connectivity index (χ2v) is 5.09. The van der Waals surface area contributed by atoms with Crippen molar-refractivity contribution in [1.29, 1.82) is 0 Å². The Morgan fingerprint density at radius 1 is 0.800 bits per heavy atom. The molecule has 2 aromatic carbocycles. The lowest BCUT2D eigenvalue weighted by Gasteiger charge is -2.13. The molecule has 0 unspecified atom stereocenters. The molecule has 0 amide bonds. The van der Waals surface area contributed by atoms with E-state index in [1.807, 2.05) is 6.07 Å². The van der Waals surface area contributed by atoms with Crippen molar-refractivity contribution in [1.82, 2.24) is 0 Å². The van der Waals surface area contributed by atoms with Gasteiger partial charge in [0.1, 0.15) is 0 Å². The Balaban J connectivity index is 2.58. The van der Waals surface area contributed by atoms with Crippen molar-refractivity contribution in [3.05, 3.63) is 58.7 Å². The predicted octanol–water partition coefficient (Wildman–Crippen LogP) is 4.85. The maximum absolute atomic E-state index is 11.4. The van der Waals surface area contributed by atoms with E-state index in [9.17, 15) is 4.79 Å². The molecule has 2 aromatic rings. The summed E-state index contributed by atoms with van der Waals surface area (Å²) in [6, 6.07) is 12.8. The van der Waals surface area contributed by atoms with Gasteiger partial charge in [-0.3, -0.25) is 4.79 Å². The first-order valence-electron chi connectivity index (χ1n) is 7.43. The summed E-state index contributed by atoms with van der Waals surface area (Å²) in [6.07, 6.45) is 3.96. The Morgan fingerprint density at radius 2 is 1.40 bits per heavy atom. The van der Waals surface area contributed by atoms with Gasteiger partial charge in [0.05, 0.1) is 0 Å². The van der Waals surface area contributed by atoms with Gasteiger partial charge in [-0.25, -0.2) is 0 Å². The van der Waals surface area contributed by atoms with Crippen LogP contribution in [-0.4, -0.2) is 6.29 Å². The van der Waals surface area contributed by atoms with E-state index in [1.54, 1.807) is 0 Å². The number of hydrogen-bond donors (Lipinski definition) is 0. The van der Waals surface area contributed by atoms with Gasteiger partial charge in [-0.1, -0.05) is 51.1 Å². The van der Waals surface area contributed by atoms with Crippen LogP contribution < -0.4 is 0 Å². The van der Waals surface area contributed by atoms with E-state index in [-0.39, 0.29) is 0 Å². The minimum atomic E-state index is 0.795. The number of aryl methyl sites for hydroxylation is 3. The van der Waals surface area contributed by atoms with Crippen molar-refractivity contribution in [3.8, 4) is 11.1 Å². The van der Waals surface area contributed by atoms with Gasteiger partial charge in [0.15, 0.2) is 6.29 Å². The number of rotatable bonds is 5. The molecule has 20 heavy (non-hydrogen) atoms. The Labute approximate surface area is 121 Å². The summed E-state index contributed by atoms with van der Waals surface area (Å²) in [5, 5.41) is 0. The first kappa shape index (κ1) is 14.5. The average Bonchev–Trinajstić information content (AvgIpc) is 2.53. The molecule has 0 bridgehead atoms. The third-order valence-electron chi connectivity index (χ3n) is 3.90. The second kappa shape index (κ2) is 6.51. The molecule has 0 N–H and O–H groups in total. The van der Waals surface area contributed by atoms with Crippen molar-refractivity contribution < 1.29 is 4.79 Å². The Hall–Kier alpha value is -1.89. The lowest BCUT2D eigenvalue weighted by molar-refractivity contribution is 0.112. The summed E-state index contributed by atoms with van der Waals surface area (Å²) in [7, 11) is 0. The van der Waals surface area contributed by atoms with Crippen LogP contribution in [0.4, 0.5) is 0 Å². The van der Waals surface area contributed by atoms with Crippen LogP contribution in [0.3, 0.4) is 0 Å². The Kier molecular flexibility index (Phi) is 4.73. The summed E-state index contributed by atoms with van der Waals surface area (Å²) < 4.78 is 0. The van der Waals surface area contributed by atoms with Gasteiger partial charge in [-0.05, 0) is 53.1 Å². The predicted molar refractivity (Wildman–Crippen MR) is 85.4 cm³/mol. The van der Waals surface area contributed by atoms with Gasteiger partial charge >= 0.3 is 0 Å². The number of carbonyl (C=O) groups is 1. The highest BCUT2D eigenvalue weighted by Crippen LogP contribution is 2.29. The molecule has 2 rings (SSSR count). The van der Waals surface area contributed by atoms with Gasteiger partial charge in [0.2, 0.25) is 0 Å². The van der Waals surface area contributed by atoms with Crippen LogP contribution in [0.2, 0.25) is 0 Å². The number of hydrogen-bond acceptors (Lipinski definition) is 1. The monoisotopic (exact) mass is 266 g/mol. The van der Waals surface area contributed by atoms with E-state index in [4.69, 9.17) is 0 Å². The van der Waals surface area contributed by atoms with Crippen LogP contribution >= 0.6 is 0 Å². The third kappa shape index (κ3) is 2.82. The van der Waals surface area contributed by atoms with Crippen LogP contribution in [0.5, 0.6) is 0 Å². The Bertz CT molecular complexity index is 611. The molecule has 0 aliphatic rings. The highest BCUT2D eigenvalue weighted by atomic mass is 16.1. The number of carbonyl (C=O) groups excluding carboxylic acids is 1. The molecular formula is C19H22O. The molecule has 1 nitrogen and oxygen atoms in total. The normalized spacial score (nSPS) is 10.6. The van der Waals surface area contributed by atoms with E-state index in [2.05, 4.69) is 51.1 Å². The van der Waals surface area contributed by atoms with Crippen molar-refractivity contribution in [2.75, 3.05) is 0 Å². The highest BCUT2D eigenvalue weighted by molar-refractivity contribution is 5.88. The van der Waals surface area contributed by atoms with E-state index in [0.717, 1.165) is 36.7 Å². The Morgan fingerprint density at radius 3 is 1.95 bits per heavy atom. The fourth-order valence-electron chi connectivity index (χ4n) is 2.60. The molecule has 0 saturated heterocycles. The minimum absolute atomic E-state index is 0.795. The molecule has 0 aliphatic carbocycles. The van der Waals surface area contributed by atoms with Crippen LogP contribution in [-0.2, 0) is 19.3 Å². The van der Waals surface area contributed by atoms with Gasteiger partial charge < -0.3 is 0 Å². The molecule has 104 valence electrons. The number of benzene rings is 2. The van der Waals surface area contributed by atoms with E-state index in [1.165, 1.54) is 22.3 Å². The molecule has 0 spiro atoms. The van der Waals surface area contributed by atoms with Crippen molar-refractivity contribution >= 4 is 6.29 Å². The zero-order chi connectivity index (χ0) is 14.5. The first-order valence-corrected chi connectivity index (χ1v) is 7.43. The largest absolute Gasteiger partial charge is 0.298 e. The van der Waals surface area contributed by atoms with Crippen LogP contribution in [0, 0.1) is 0 Å². The topological polar surface area (TPSA) is 17.1 Å². The van der Waals surface area contributed by atoms with Crippen molar-refractivity contribution in [2.45, 2.75) is 40.0 Å². The molecule has 0 heterocycles. The summed E-state index contributed by atoms with van der Waals surface area (Å²) in [4.78, 5) is 11.4. The maximum Gasteiger partial charge on any atom is 0.150 e. The quantitative estimate of drug-likeness (QED) is 0.707. The first-order chi connectivity index (χ1) is 9.73. The second-order valence-electron chi connectivity index (χ2n) is 5.09. The van der Waals surface area contributed by atoms with Crippen LogP contribution in [0.15, 0.2) is 36.4 Å². The molecule has 0 aliphatic heterocycles. The minimum Gasteiger partial charge on any atom is -0.298 e. The molecule has 0 fully saturated rings. The average molecular weight is 266 g/mol. The van der Waals surface area contributed by atoms with Gasteiger partial charge in [0, 0.05) is 5.56 Å². The zero-order valence-corrected chi connectivity index (χ0v) is 12.6. The molecule has 1 heteroatoms. The molecule has 0 saturated carbocycles. The lowest BCUT2D eigenvalue weighted by atomic mass is 9.91. The molecule has 0 radical (unpaired) electrons. The summed E-state index contributed by atoms with van der Waals surface area (Å²) >= 11 is 0. The summed E-state index contributed by atoms with van der Waals surface area (Å²) in [5.41, 5.74) is 6.91. The van der Waals surface area contributed by atoms with E-state index >= 15 is 0 Å². The van der Waals surface area contributed by atoms with E-state index in [0.29, 0.717) is 0 Å². The van der Waals surface area contributed by atoms with Gasteiger partial charge in [0.25, 0.3) is 0 Å². The lowest BCUT2D eigenvalue weighted by Crippen LogP contribution is -1.95. The number of aldehydes is 1. The molecule has 0 aromatic heterocycles. The molecule has 0 atom stereocenters. The van der Waals surface area contributed by atoms with Crippen LogP contribution in [0.1, 0.15) is 47.8 Å². The zero-order valence-electron chi connectivity index (χ0n) is 12.6. The fraction of sp³-hybridized carbons (Fsp3) is 0.316. The highest BCUT2D eigenvalue weighted by Gasteiger charge is 2.09. The smallest absolute Gasteiger partial charge is 0.150 e. The third-order valence-corrected chi connectivity index (χ3v) is 3.90. The maximum atomic E-state index is 11.4. The summed E-state index contributed by atoms with van der Waals surface area (Å²) in [5.74, 6) is 0. The van der Waals surface area contributed by atoms with Crippen LogP contribution in [0.25, 0.3) is 11.1 Å². The van der Waals surface area contributed by atoms with E-state index < -0.39 is 0 Å². The fourth-order valence-corrected chi connectivity index (χ4v) is 2.60.